The highest BCUT2D eigenvalue weighted by Gasteiger charge is 2.29. The van der Waals surface area contributed by atoms with Crippen LogP contribution in [0.25, 0.3) is 5.69 Å². The van der Waals surface area contributed by atoms with Crippen LogP contribution in [0, 0.1) is 6.92 Å². The van der Waals surface area contributed by atoms with Crippen LogP contribution in [-0.4, -0.2) is 62.6 Å². The molecule has 44 heavy (non-hydrogen) atoms. The fourth-order valence-electron chi connectivity index (χ4n) is 4.85. The standard InChI is InChI=1S/C31H32BClN6O5/c1-3-27(40)35-29-30-38-37-19(2)39(30)26-14-13-24(18-25(26)28(36-29)20-9-11-23(33)12-10-20)44-16-5-4-15-34-31(41)21-7-6-8-22(17-21)32(42)43/h6-14,17-18,29,42-43H,3-5,15-16H2,1-2H3,(H,34,41)(H,35,40)/t29-/m1/s1. The lowest BCUT2D eigenvalue weighted by Gasteiger charge is -2.15. The van der Waals surface area contributed by atoms with Crippen LogP contribution in [0.3, 0.4) is 0 Å². The molecule has 2 heterocycles. The van der Waals surface area contributed by atoms with Gasteiger partial charge in [0.25, 0.3) is 5.91 Å². The van der Waals surface area contributed by atoms with Gasteiger partial charge in [0.1, 0.15) is 11.6 Å². The van der Waals surface area contributed by atoms with Gasteiger partial charge in [-0.2, -0.15) is 0 Å². The Hall–Kier alpha value is -4.52. The summed E-state index contributed by atoms with van der Waals surface area (Å²) >= 11 is 6.18. The number of ether oxygens (including phenoxy) is 1. The maximum atomic E-state index is 12.4. The largest absolute Gasteiger partial charge is 0.494 e. The van der Waals surface area contributed by atoms with Crippen LogP contribution in [0.15, 0.2) is 71.7 Å². The highest BCUT2D eigenvalue weighted by molar-refractivity contribution is 6.58. The molecule has 3 aromatic carbocycles. The first-order valence-corrected chi connectivity index (χ1v) is 14.7. The summed E-state index contributed by atoms with van der Waals surface area (Å²) in [6.45, 7) is 4.48. The minimum Gasteiger partial charge on any atom is -0.494 e. The van der Waals surface area contributed by atoms with Gasteiger partial charge in [0.2, 0.25) is 5.91 Å². The molecule has 5 rings (SSSR count). The molecule has 2 amide bonds. The first kappa shape index (κ1) is 30.9. The summed E-state index contributed by atoms with van der Waals surface area (Å²) in [7, 11) is -1.63. The number of carbonyl (C=O) groups is 2. The predicted octanol–water partition coefficient (Wildman–Crippen LogP) is 2.87. The number of benzene rings is 3. The minimum atomic E-state index is -1.63. The van der Waals surface area contributed by atoms with Gasteiger partial charge in [-0.25, -0.2) is 0 Å². The summed E-state index contributed by atoms with van der Waals surface area (Å²) in [5, 5.41) is 33.7. The van der Waals surface area contributed by atoms with Crippen LogP contribution in [0.2, 0.25) is 5.02 Å². The lowest BCUT2D eigenvalue weighted by Crippen LogP contribution is -2.32. The van der Waals surface area contributed by atoms with E-state index in [0.717, 1.165) is 16.8 Å². The number of amides is 2. The minimum absolute atomic E-state index is 0.162. The van der Waals surface area contributed by atoms with Gasteiger partial charge < -0.3 is 25.4 Å². The molecule has 1 aliphatic heterocycles. The van der Waals surface area contributed by atoms with Crippen molar-refractivity contribution in [1.29, 1.82) is 0 Å². The average molecular weight is 615 g/mol. The zero-order valence-corrected chi connectivity index (χ0v) is 25.1. The Kier molecular flexibility index (Phi) is 9.74. The third-order valence-electron chi connectivity index (χ3n) is 7.13. The number of nitrogens with one attached hydrogen (secondary N) is 2. The molecule has 0 bridgehead atoms. The van der Waals surface area contributed by atoms with Crippen molar-refractivity contribution in [3.8, 4) is 11.4 Å². The second kappa shape index (κ2) is 13.9. The number of carbonyl (C=O) groups excluding carboxylic acids is 2. The van der Waals surface area contributed by atoms with Gasteiger partial charge in [-0.3, -0.25) is 19.1 Å². The lowest BCUT2D eigenvalue weighted by atomic mass is 9.79. The summed E-state index contributed by atoms with van der Waals surface area (Å²) in [5.74, 6) is 1.34. The molecule has 226 valence electrons. The normalized spacial score (nSPS) is 13.7. The quantitative estimate of drug-likeness (QED) is 0.150. The summed E-state index contributed by atoms with van der Waals surface area (Å²) < 4.78 is 8.00. The molecule has 0 radical (unpaired) electrons. The molecule has 0 spiro atoms. The van der Waals surface area contributed by atoms with Crippen LogP contribution in [0.4, 0.5) is 0 Å². The Balaban J connectivity index is 1.31. The number of aryl methyl sites for hydroxylation is 1. The van der Waals surface area contributed by atoms with E-state index in [4.69, 9.17) is 21.3 Å². The van der Waals surface area contributed by atoms with E-state index in [1.165, 1.54) is 6.07 Å². The molecule has 4 N–H and O–H groups in total. The van der Waals surface area contributed by atoms with Crippen LogP contribution in [-0.2, 0) is 4.79 Å². The van der Waals surface area contributed by atoms with E-state index < -0.39 is 13.3 Å². The number of aromatic nitrogens is 3. The van der Waals surface area contributed by atoms with Crippen molar-refractivity contribution in [3.63, 3.8) is 0 Å². The number of rotatable bonds is 11. The molecule has 1 aliphatic rings. The van der Waals surface area contributed by atoms with E-state index in [1.54, 1.807) is 37.3 Å². The molecular formula is C31H32BClN6O5. The van der Waals surface area contributed by atoms with Crippen molar-refractivity contribution in [2.45, 2.75) is 39.3 Å². The smallest absolute Gasteiger partial charge is 0.488 e. The van der Waals surface area contributed by atoms with Gasteiger partial charge in [0, 0.05) is 34.7 Å². The zero-order chi connectivity index (χ0) is 31.2. The van der Waals surface area contributed by atoms with E-state index >= 15 is 0 Å². The maximum absolute atomic E-state index is 12.4. The lowest BCUT2D eigenvalue weighted by molar-refractivity contribution is -0.121. The second-order valence-electron chi connectivity index (χ2n) is 10.2. The topological polar surface area (TPSA) is 151 Å². The third kappa shape index (κ3) is 6.99. The van der Waals surface area contributed by atoms with Gasteiger partial charge in [-0.1, -0.05) is 42.8 Å². The Morgan fingerprint density at radius 3 is 2.59 bits per heavy atom. The highest BCUT2D eigenvalue weighted by Crippen LogP contribution is 2.32. The van der Waals surface area contributed by atoms with E-state index in [9.17, 15) is 19.6 Å². The number of nitrogens with zero attached hydrogens (tertiary/aromatic N) is 4. The summed E-state index contributed by atoms with van der Waals surface area (Å²) in [6.07, 6.45) is 0.909. The van der Waals surface area contributed by atoms with Crippen molar-refractivity contribution in [1.82, 2.24) is 25.4 Å². The van der Waals surface area contributed by atoms with Crippen LogP contribution in [0.1, 0.15) is 65.5 Å². The van der Waals surface area contributed by atoms with Crippen molar-refractivity contribution >= 4 is 41.7 Å². The van der Waals surface area contributed by atoms with Crippen LogP contribution in [0.5, 0.6) is 5.75 Å². The summed E-state index contributed by atoms with van der Waals surface area (Å²) in [4.78, 5) is 29.9. The molecular weight excluding hydrogens is 583 g/mol. The Morgan fingerprint density at radius 2 is 1.84 bits per heavy atom. The fraction of sp³-hybridized carbons (Fsp3) is 0.258. The average Bonchev–Trinajstić information content (AvgIpc) is 3.35. The van der Waals surface area contributed by atoms with Crippen molar-refractivity contribution in [2.24, 2.45) is 4.99 Å². The summed E-state index contributed by atoms with van der Waals surface area (Å²) in [5.41, 5.74) is 3.66. The van der Waals surface area contributed by atoms with Gasteiger partial charge in [-0.15, -0.1) is 10.2 Å². The molecule has 0 saturated carbocycles. The number of hydrogen-bond donors (Lipinski definition) is 4. The summed E-state index contributed by atoms with van der Waals surface area (Å²) in [6, 6.07) is 19.3. The molecule has 11 nitrogen and oxygen atoms in total. The van der Waals surface area contributed by atoms with E-state index in [2.05, 4.69) is 20.8 Å². The SMILES string of the molecule is CCC(=O)N[C@@H]1N=C(c2ccc(Cl)cc2)c2cc(OCCCCNC(=O)c3cccc(B(O)O)c3)ccc2-n2c(C)nnc21. The second-order valence-corrected chi connectivity index (χ2v) is 10.7. The van der Waals surface area contributed by atoms with Crippen molar-refractivity contribution in [3.05, 3.63) is 100 Å². The molecule has 0 aliphatic carbocycles. The van der Waals surface area contributed by atoms with Gasteiger partial charge in [-0.05, 0) is 67.7 Å². The fourth-order valence-corrected chi connectivity index (χ4v) is 4.98. The van der Waals surface area contributed by atoms with Crippen molar-refractivity contribution in [2.75, 3.05) is 13.2 Å². The number of unbranched alkanes of at least 4 members (excludes halogenated alkanes) is 1. The first-order valence-electron chi connectivity index (χ1n) is 14.3. The first-order chi connectivity index (χ1) is 21.2. The van der Waals surface area contributed by atoms with Crippen LogP contribution >= 0.6 is 11.6 Å². The number of fused-ring (bicyclic) bond motifs is 3. The van der Waals surface area contributed by atoms with Gasteiger partial charge in [0.05, 0.1) is 18.0 Å². The maximum Gasteiger partial charge on any atom is 0.488 e. The predicted molar refractivity (Wildman–Crippen MR) is 168 cm³/mol. The number of halogens is 1. The highest BCUT2D eigenvalue weighted by atomic mass is 35.5. The Bertz CT molecular complexity index is 1690. The Morgan fingerprint density at radius 1 is 1.05 bits per heavy atom. The van der Waals surface area contributed by atoms with Crippen LogP contribution < -0.4 is 20.8 Å². The molecule has 0 saturated heterocycles. The molecule has 0 fully saturated rings. The molecule has 4 aromatic rings. The molecule has 1 atom stereocenters. The number of aliphatic imine (C=N–C) groups is 1. The third-order valence-corrected chi connectivity index (χ3v) is 7.38. The molecule has 1 aromatic heterocycles. The number of hydrogen-bond acceptors (Lipinski definition) is 8. The Labute approximate surface area is 260 Å². The van der Waals surface area contributed by atoms with Gasteiger partial charge >= 0.3 is 7.12 Å². The monoisotopic (exact) mass is 614 g/mol. The van der Waals surface area contributed by atoms with E-state index in [0.29, 0.717) is 66.1 Å². The van der Waals surface area contributed by atoms with Crippen molar-refractivity contribution < 1.29 is 24.4 Å². The zero-order valence-electron chi connectivity index (χ0n) is 24.3. The van der Waals surface area contributed by atoms with Gasteiger partial charge in [0.15, 0.2) is 12.0 Å². The van der Waals surface area contributed by atoms with E-state index in [-0.39, 0.29) is 17.3 Å². The molecule has 0 unspecified atom stereocenters. The van der Waals surface area contributed by atoms with E-state index in [1.807, 2.05) is 41.8 Å². The molecule has 13 heteroatoms.